The first-order chi connectivity index (χ1) is 14.3. The van der Waals surface area contributed by atoms with Gasteiger partial charge < -0.3 is 24.4 Å². The molecule has 2 saturated heterocycles. The molecule has 9 nitrogen and oxygen atoms in total. The van der Waals surface area contributed by atoms with E-state index in [0.29, 0.717) is 38.2 Å². The minimum Gasteiger partial charge on any atom is -0.388 e. The van der Waals surface area contributed by atoms with Crippen LogP contribution in [0.25, 0.3) is 17.0 Å². The Kier molecular flexibility index (Phi) is 5.01. The maximum Gasteiger partial charge on any atom is 0.239 e. The van der Waals surface area contributed by atoms with Gasteiger partial charge in [0, 0.05) is 32.2 Å². The van der Waals surface area contributed by atoms with Crippen LogP contribution in [0.4, 0.5) is 11.6 Å². The summed E-state index contributed by atoms with van der Waals surface area (Å²) in [5.74, 6) is 2.77. The van der Waals surface area contributed by atoms with Crippen LogP contribution in [-0.4, -0.2) is 77.2 Å². The first kappa shape index (κ1) is 18.3. The fraction of sp³-hybridized carbons (Fsp3) is 0.450. The summed E-state index contributed by atoms with van der Waals surface area (Å²) in [5.41, 5.74) is 1.69. The fourth-order valence-corrected chi connectivity index (χ4v) is 3.82. The molecule has 4 heterocycles. The number of nitrogens with zero attached hydrogens (tertiary/aromatic N) is 6. The third kappa shape index (κ3) is 3.52. The number of hydrogen-bond acceptors (Lipinski definition) is 8. The summed E-state index contributed by atoms with van der Waals surface area (Å²) in [6.07, 6.45) is 0. The van der Waals surface area contributed by atoms with Crippen LogP contribution in [0.1, 0.15) is 5.82 Å². The van der Waals surface area contributed by atoms with Crippen LogP contribution in [0.5, 0.6) is 0 Å². The lowest BCUT2D eigenvalue weighted by molar-refractivity contribution is 0.122. The zero-order valence-corrected chi connectivity index (χ0v) is 16.2. The molecule has 0 bridgehead atoms. The smallest absolute Gasteiger partial charge is 0.239 e. The number of para-hydroxylation sites is 2. The molecule has 0 atom stereocenters. The second kappa shape index (κ2) is 7.94. The molecule has 29 heavy (non-hydrogen) atoms. The molecule has 2 aliphatic heterocycles. The van der Waals surface area contributed by atoms with Gasteiger partial charge in [-0.15, -0.1) is 0 Å². The van der Waals surface area contributed by atoms with Gasteiger partial charge in [-0.05, 0) is 12.1 Å². The highest BCUT2D eigenvalue weighted by Gasteiger charge is 2.22. The molecule has 3 aromatic rings. The molecule has 0 amide bonds. The summed E-state index contributed by atoms with van der Waals surface area (Å²) in [6.45, 7) is 5.70. The summed E-state index contributed by atoms with van der Waals surface area (Å²) >= 11 is 0. The number of aliphatic hydroxyl groups excluding tert-OH is 1. The molecular formula is C20H24N6O3. The number of fused-ring (bicyclic) bond motifs is 1. The number of aromatic nitrogens is 4. The SMILES string of the molecule is OCc1nc2ccccc2n1-c1nc(N2CCOCC2)cc(N2CCOCC2)n1. The first-order valence-electron chi connectivity index (χ1n) is 9.95. The maximum atomic E-state index is 9.92. The van der Waals surface area contributed by atoms with Crippen molar-refractivity contribution in [2.24, 2.45) is 0 Å². The van der Waals surface area contributed by atoms with Crippen molar-refractivity contribution in [1.29, 1.82) is 0 Å². The number of morpholine rings is 2. The molecule has 2 aliphatic rings. The Balaban J connectivity index is 1.65. The van der Waals surface area contributed by atoms with Gasteiger partial charge in [-0.25, -0.2) is 4.98 Å². The van der Waals surface area contributed by atoms with Crippen LogP contribution < -0.4 is 9.80 Å². The predicted octanol–water partition coefficient (Wildman–Crippen LogP) is 0.981. The molecule has 0 aliphatic carbocycles. The summed E-state index contributed by atoms with van der Waals surface area (Å²) < 4.78 is 12.9. The van der Waals surface area contributed by atoms with E-state index in [2.05, 4.69) is 14.8 Å². The summed E-state index contributed by atoms with van der Waals surface area (Å²) in [4.78, 5) is 18.7. The Morgan fingerprint density at radius 3 is 2.00 bits per heavy atom. The third-order valence-electron chi connectivity index (χ3n) is 5.33. The molecule has 0 radical (unpaired) electrons. The van der Waals surface area contributed by atoms with E-state index < -0.39 is 0 Å². The lowest BCUT2D eigenvalue weighted by Gasteiger charge is -2.31. The molecule has 9 heteroatoms. The number of hydrogen-bond donors (Lipinski definition) is 1. The van der Waals surface area contributed by atoms with Gasteiger partial charge in [0.1, 0.15) is 24.1 Å². The Labute approximate surface area is 168 Å². The third-order valence-corrected chi connectivity index (χ3v) is 5.33. The minimum absolute atomic E-state index is 0.188. The molecule has 1 aromatic carbocycles. The Morgan fingerprint density at radius 1 is 0.828 bits per heavy atom. The fourth-order valence-electron chi connectivity index (χ4n) is 3.82. The van der Waals surface area contributed by atoms with E-state index in [1.54, 1.807) is 0 Å². The van der Waals surface area contributed by atoms with E-state index in [0.717, 1.165) is 48.8 Å². The lowest BCUT2D eigenvalue weighted by Crippen LogP contribution is -2.39. The summed E-state index contributed by atoms with van der Waals surface area (Å²) in [6, 6.07) is 9.83. The lowest BCUT2D eigenvalue weighted by atomic mass is 10.3. The van der Waals surface area contributed by atoms with E-state index in [9.17, 15) is 5.11 Å². The van der Waals surface area contributed by atoms with Crippen LogP contribution in [0.2, 0.25) is 0 Å². The van der Waals surface area contributed by atoms with Crippen molar-refractivity contribution < 1.29 is 14.6 Å². The van der Waals surface area contributed by atoms with Crippen LogP contribution >= 0.6 is 0 Å². The van der Waals surface area contributed by atoms with Gasteiger partial charge in [0.05, 0.1) is 37.5 Å². The molecule has 0 saturated carbocycles. The minimum atomic E-state index is -0.188. The highest BCUT2D eigenvalue weighted by atomic mass is 16.5. The van der Waals surface area contributed by atoms with Gasteiger partial charge in [0.25, 0.3) is 0 Å². The van der Waals surface area contributed by atoms with Crippen LogP contribution in [0.15, 0.2) is 30.3 Å². The van der Waals surface area contributed by atoms with Gasteiger partial charge in [-0.1, -0.05) is 12.1 Å². The van der Waals surface area contributed by atoms with Gasteiger partial charge in [-0.2, -0.15) is 9.97 Å². The number of anilines is 2. The molecule has 2 aromatic heterocycles. The van der Waals surface area contributed by atoms with E-state index in [-0.39, 0.29) is 6.61 Å². The van der Waals surface area contributed by atoms with E-state index in [1.165, 1.54) is 0 Å². The zero-order valence-electron chi connectivity index (χ0n) is 16.2. The second-order valence-corrected chi connectivity index (χ2v) is 7.09. The van der Waals surface area contributed by atoms with E-state index >= 15 is 0 Å². The van der Waals surface area contributed by atoms with Crippen molar-refractivity contribution in [2.75, 3.05) is 62.4 Å². The molecule has 5 rings (SSSR count). The van der Waals surface area contributed by atoms with Gasteiger partial charge in [-0.3, -0.25) is 4.57 Å². The van der Waals surface area contributed by atoms with Crippen molar-refractivity contribution in [3.05, 3.63) is 36.2 Å². The standard InChI is InChI=1S/C20H24N6O3/c27-14-19-21-15-3-1-2-4-16(15)26(19)20-22-17(24-5-9-28-10-6-24)13-18(23-20)25-7-11-29-12-8-25/h1-4,13,27H,5-12,14H2. The molecule has 0 unspecified atom stereocenters. The zero-order chi connectivity index (χ0) is 19.6. The Bertz CT molecular complexity index is 959. The largest absolute Gasteiger partial charge is 0.388 e. The average molecular weight is 396 g/mol. The first-order valence-corrected chi connectivity index (χ1v) is 9.95. The number of rotatable bonds is 4. The van der Waals surface area contributed by atoms with E-state index in [1.807, 2.05) is 34.9 Å². The monoisotopic (exact) mass is 396 g/mol. The predicted molar refractivity (Wildman–Crippen MR) is 109 cm³/mol. The Hall–Kier alpha value is -2.75. The Morgan fingerprint density at radius 2 is 1.41 bits per heavy atom. The molecule has 0 spiro atoms. The van der Waals surface area contributed by atoms with Crippen molar-refractivity contribution in [1.82, 2.24) is 19.5 Å². The van der Waals surface area contributed by atoms with Crippen molar-refractivity contribution in [2.45, 2.75) is 6.61 Å². The van der Waals surface area contributed by atoms with Crippen molar-refractivity contribution >= 4 is 22.7 Å². The van der Waals surface area contributed by atoms with Gasteiger partial charge in [0.2, 0.25) is 5.95 Å². The number of ether oxygens (including phenoxy) is 2. The highest BCUT2D eigenvalue weighted by molar-refractivity contribution is 5.77. The van der Waals surface area contributed by atoms with E-state index in [4.69, 9.17) is 19.4 Å². The molecule has 2 fully saturated rings. The van der Waals surface area contributed by atoms with Crippen LogP contribution in [0, 0.1) is 0 Å². The summed E-state index contributed by atoms with van der Waals surface area (Å²) in [5, 5.41) is 9.92. The van der Waals surface area contributed by atoms with Crippen LogP contribution in [0.3, 0.4) is 0 Å². The van der Waals surface area contributed by atoms with Crippen molar-refractivity contribution in [3.8, 4) is 5.95 Å². The average Bonchev–Trinajstić information content (AvgIpc) is 3.19. The number of aliphatic hydroxyl groups is 1. The quantitative estimate of drug-likeness (QED) is 0.698. The number of benzene rings is 1. The molecule has 1 N–H and O–H groups in total. The van der Waals surface area contributed by atoms with Gasteiger partial charge >= 0.3 is 0 Å². The normalized spacial score (nSPS) is 17.8. The topological polar surface area (TPSA) is 88.8 Å². The van der Waals surface area contributed by atoms with Crippen molar-refractivity contribution in [3.63, 3.8) is 0 Å². The molecule has 152 valence electrons. The summed E-state index contributed by atoms with van der Waals surface area (Å²) in [7, 11) is 0. The van der Waals surface area contributed by atoms with Gasteiger partial charge in [0.15, 0.2) is 0 Å². The highest BCUT2D eigenvalue weighted by Crippen LogP contribution is 2.26. The molecular weight excluding hydrogens is 372 g/mol. The van der Waals surface area contributed by atoms with Crippen LogP contribution in [-0.2, 0) is 16.1 Å². The second-order valence-electron chi connectivity index (χ2n) is 7.09. The number of imidazole rings is 1. The maximum absolute atomic E-state index is 9.92.